The molecule has 0 unspecified atom stereocenters. The fourth-order valence-electron chi connectivity index (χ4n) is 4.97. The molecule has 5 rings (SSSR count). The Kier molecular flexibility index (Phi) is 10.4. The third-order valence-electron chi connectivity index (χ3n) is 7.50. The van der Waals surface area contributed by atoms with Crippen molar-refractivity contribution in [3.05, 3.63) is 64.6 Å². The molecular formula is C29H31ClF2N6O7. The van der Waals surface area contributed by atoms with Crippen molar-refractivity contribution in [3.8, 4) is 17.0 Å². The van der Waals surface area contributed by atoms with Gasteiger partial charge in [0, 0.05) is 57.6 Å². The lowest BCUT2D eigenvalue weighted by molar-refractivity contribution is -0.140. The number of carbonyl (C=O) groups excluding carboxylic acids is 3. The summed E-state index contributed by atoms with van der Waals surface area (Å²) >= 11 is 6.41. The highest BCUT2D eigenvalue weighted by atomic mass is 35.5. The van der Waals surface area contributed by atoms with Crippen molar-refractivity contribution in [1.29, 1.82) is 0 Å². The molecule has 0 aliphatic carbocycles. The van der Waals surface area contributed by atoms with Crippen LogP contribution in [-0.2, 0) is 16.6 Å². The van der Waals surface area contributed by atoms with Crippen molar-refractivity contribution in [3.63, 3.8) is 0 Å². The Morgan fingerprint density at radius 2 is 1.76 bits per heavy atom. The van der Waals surface area contributed by atoms with Gasteiger partial charge in [-0.1, -0.05) is 11.6 Å². The molecular weight excluding hydrogens is 618 g/mol. The maximum Gasteiger partial charge on any atom is 0.291 e. The SMILES string of the molecule is COc1ccc(-c2cnc(C(=O)Nc3ccc(C(=O)N4CCN(C(=O)CC5(O)CNC5)CC4)c(Cl)c3)n2C)c(F)c1F.O=CO. The van der Waals surface area contributed by atoms with E-state index in [0.29, 0.717) is 45.0 Å². The lowest BCUT2D eigenvalue weighted by Crippen LogP contribution is -2.62. The molecule has 0 bridgehead atoms. The first-order valence-corrected chi connectivity index (χ1v) is 14.0. The van der Waals surface area contributed by atoms with Gasteiger partial charge in [-0.05, 0) is 30.3 Å². The number of benzene rings is 2. The molecule has 2 aliphatic heterocycles. The summed E-state index contributed by atoms with van der Waals surface area (Å²) in [6.45, 7) is 1.85. The van der Waals surface area contributed by atoms with Crippen molar-refractivity contribution in [2.24, 2.45) is 7.05 Å². The first-order valence-electron chi connectivity index (χ1n) is 13.7. The van der Waals surface area contributed by atoms with E-state index in [1.165, 1.54) is 55.3 Å². The maximum atomic E-state index is 14.6. The van der Waals surface area contributed by atoms with Crippen LogP contribution in [0.5, 0.6) is 5.75 Å². The minimum Gasteiger partial charge on any atom is -0.494 e. The number of carbonyl (C=O) groups is 4. The van der Waals surface area contributed by atoms with Gasteiger partial charge in [-0.25, -0.2) is 9.37 Å². The molecule has 2 aliphatic rings. The molecule has 2 aromatic carbocycles. The number of carboxylic acid groups (broad SMARTS) is 1. The van der Waals surface area contributed by atoms with Crippen LogP contribution < -0.4 is 15.4 Å². The average Bonchev–Trinajstić information content (AvgIpc) is 3.38. The number of hydrogen-bond acceptors (Lipinski definition) is 8. The second-order valence-electron chi connectivity index (χ2n) is 10.4. The van der Waals surface area contributed by atoms with Crippen LogP contribution in [0.25, 0.3) is 11.3 Å². The molecule has 1 aromatic heterocycles. The van der Waals surface area contributed by atoms with Crippen molar-refractivity contribution in [1.82, 2.24) is 24.7 Å². The molecule has 16 heteroatoms. The zero-order valence-electron chi connectivity index (χ0n) is 24.3. The number of piperazine rings is 1. The number of aromatic nitrogens is 2. The van der Waals surface area contributed by atoms with E-state index in [9.17, 15) is 28.3 Å². The van der Waals surface area contributed by atoms with Gasteiger partial charge in [0.1, 0.15) is 0 Å². The monoisotopic (exact) mass is 648 g/mol. The quantitative estimate of drug-likeness (QED) is 0.280. The summed E-state index contributed by atoms with van der Waals surface area (Å²) in [4.78, 5) is 54.3. The van der Waals surface area contributed by atoms with Crippen molar-refractivity contribution < 1.29 is 42.9 Å². The Labute approximate surface area is 261 Å². The van der Waals surface area contributed by atoms with Crippen LogP contribution in [0, 0.1) is 11.6 Å². The number of ether oxygens (including phenoxy) is 1. The molecule has 2 fully saturated rings. The van der Waals surface area contributed by atoms with Crippen LogP contribution in [0.1, 0.15) is 27.4 Å². The van der Waals surface area contributed by atoms with Gasteiger partial charge in [-0.3, -0.25) is 19.2 Å². The molecule has 45 heavy (non-hydrogen) atoms. The number of β-amino-alcohol motifs (C(OH)–C–C–N with tert-alkyl or cyclic N) is 1. The second kappa shape index (κ2) is 14.0. The van der Waals surface area contributed by atoms with E-state index in [1.807, 2.05) is 0 Å². The first-order chi connectivity index (χ1) is 21.4. The number of nitrogens with one attached hydrogen (secondary N) is 2. The first kappa shape index (κ1) is 33.3. The number of methoxy groups -OCH3 is 1. The summed E-state index contributed by atoms with van der Waals surface area (Å²) in [6.07, 6.45) is 1.30. The Hall–Kier alpha value is -4.60. The molecule has 2 saturated heterocycles. The Bertz CT molecular complexity index is 1610. The van der Waals surface area contributed by atoms with E-state index in [0.717, 1.165) is 0 Å². The highest BCUT2D eigenvalue weighted by Crippen LogP contribution is 2.30. The summed E-state index contributed by atoms with van der Waals surface area (Å²) in [6, 6.07) is 7.06. The molecule has 0 atom stereocenters. The van der Waals surface area contributed by atoms with E-state index in [1.54, 1.807) is 9.80 Å². The van der Waals surface area contributed by atoms with Crippen LogP contribution >= 0.6 is 11.6 Å². The topological polar surface area (TPSA) is 166 Å². The van der Waals surface area contributed by atoms with Crippen LogP contribution in [-0.4, -0.2) is 106 Å². The summed E-state index contributed by atoms with van der Waals surface area (Å²) in [7, 11) is 2.72. The standard InChI is InChI=1S/C28H29ClF2N6O5.CH2O2/c1-35-20(18-5-6-21(42-2)24(31)23(18)30)13-33-25(35)26(39)34-16-3-4-17(19(29)11-16)27(40)37-9-7-36(8-10-37)22(38)12-28(41)14-32-15-28;2-1-3/h3-6,11,13,32,41H,7-10,12,14-15H2,1-2H3,(H,34,39);1H,(H,2,3). The molecule has 3 heterocycles. The number of anilines is 1. The van der Waals surface area contributed by atoms with E-state index >= 15 is 0 Å². The third kappa shape index (κ3) is 7.21. The Balaban J connectivity index is 0.00000148. The average molecular weight is 649 g/mol. The van der Waals surface area contributed by atoms with Gasteiger partial charge >= 0.3 is 0 Å². The minimum absolute atomic E-state index is 0.0451. The zero-order valence-corrected chi connectivity index (χ0v) is 25.1. The van der Waals surface area contributed by atoms with E-state index in [4.69, 9.17) is 26.2 Å². The number of hydrogen-bond donors (Lipinski definition) is 4. The van der Waals surface area contributed by atoms with Gasteiger partial charge in [0.25, 0.3) is 18.3 Å². The smallest absolute Gasteiger partial charge is 0.291 e. The lowest BCUT2D eigenvalue weighted by Gasteiger charge is -2.40. The Morgan fingerprint density at radius 3 is 2.33 bits per heavy atom. The van der Waals surface area contributed by atoms with Gasteiger partial charge in [0.05, 0.1) is 41.6 Å². The van der Waals surface area contributed by atoms with Crippen LogP contribution in [0.4, 0.5) is 14.5 Å². The molecule has 3 amide bonds. The van der Waals surface area contributed by atoms with Gasteiger partial charge in [-0.2, -0.15) is 4.39 Å². The molecule has 0 radical (unpaired) electrons. The molecule has 3 aromatic rings. The summed E-state index contributed by atoms with van der Waals surface area (Å²) < 4.78 is 35.0. The van der Waals surface area contributed by atoms with E-state index in [2.05, 4.69) is 15.6 Å². The molecule has 4 N–H and O–H groups in total. The van der Waals surface area contributed by atoms with E-state index < -0.39 is 23.1 Å². The van der Waals surface area contributed by atoms with Crippen LogP contribution in [0.2, 0.25) is 5.02 Å². The fourth-order valence-corrected chi connectivity index (χ4v) is 5.23. The summed E-state index contributed by atoms with van der Waals surface area (Å²) in [5, 5.41) is 22.8. The number of nitrogens with zero attached hydrogens (tertiary/aromatic N) is 4. The highest BCUT2D eigenvalue weighted by Gasteiger charge is 2.38. The van der Waals surface area contributed by atoms with Crippen molar-refractivity contribution in [2.45, 2.75) is 12.0 Å². The zero-order chi connectivity index (χ0) is 32.9. The highest BCUT2D eigenvalue weighted by molar-refractivity contribution is 6.34. The predicted molar refractivity (Wildman–Crippen MR) is 158 cm³/mol. The van der Waals surface area contributed by atoms with Crippen molar-refractivity contribution in [2.75, 3.05) is 51.7 Å². The molecule has 240 valence electrons. The summed E-state index contributed by atoms with van der Waals surface area (Å²) in [5.41, 5.74) is -0.379. The number of aliphatic hydroxyl groups is 1. The van der Waals surface area contributed by atoms with E-state index in [-0.39, 0.29) is 58.1 Å². The number of rotatable bonds is 7. The number of imidazole rings is 1. The second-order valence-corrected chi connectivity index (χ2v) is 10.8. The maximum absolute atomic E-state index is 14.6. The number of halogens is 3. The minimum atomic E-state index is -1.15. The lowest BCUT2D eigenvalue weighted by atomic mass is 9.92. The Morgan fingerprint density at radius 1 is 1.11 bits per heavy atom. The molecule has 0 saturated carbocycles. The third-order valence-corrected chi connectivity index (χ3v) is 7.81. The number of amides is 3. The normalized spacial score (nSPS) is 15.3. The van der Waals surface area contributed by atoms with Crippen molar-refractivity contribution >= 4 is 41.5 Å². The van der Waals surface area contributed by atoms with Gasteiger partial charge < -0.3 is 40.0 Å². The van der Waals surface area contributed by atoms with Crippen LogP contribution in [0.3, 0.4) is 0 Å². The molecule has 0 spiro atoms. The van der Waals surface area contributed by atoms with Gasteiger partial charge in [0.15, 0.2) is 17.4 Å². The molecule has 13 nitrogen and oxygen atoms in total. The van der Waals surface area contributed by atoms with Crippen LogP contribution in [0.15, 0.2) is 36.5 Å². The predicted octanol–water partition coefficient (Wildman–Crippen LogP) is 1.99. The van der Waals surface area contributed by atoms with Gasteiger partial charge in [-0.15, -0.1) is 0 Å². The fraction of sp³-hybridized carbons (Fsp3) is 0.345. The summed E-state index contributed by atoms with van der Waals surface area (Å²) in [5.74, 6) is -3.68. The van der Waals surface area contributed by atoms with Gasteiger partial charge in [0.2, 0.25) is 11.7 Å². The largest absolute Gasteiger partial charge is 0.494 e.